The Morgan fingerprint density at radius 3 is 2.71 bits per heavy atom. The lowest BCUT2D eigenvalue weighted by atomic mass is 10.2. The highest BCUT2D eigenvalue weighted by molar-refractivity contribution is 7.99. The molecule has 1 aliphatic heterocycles. The van der Waals surface area contributed by atoms with Gasteiger partial charge in [-0.25, -0.2) is 0 Å². The first kappa shape index (κ1) is 14.8. The number of carboxylic acid groups (broad SMARTS) is 1. The lowest BCUT2D eigenvalue weighted by molar-refractivity contribution is -0.133. The molecule has 3 rings (SSSR count). The summed E-state index contributed by atoms with van der Waals surface area (Å²) in [6.07, 6.45) is 3.76. The van der Waals surface area contributed by atoms with Crippen molar-refractivity contribution in [1.29, 1.82) is 0 Å². The molecule has 21 heavy (non-hydrogen) atoms. The average molecular weight is 310 g/mol. The van der Waals surface area contributed by atoms with Gasteiger partial charge in [0.2, 0.25) is 0 Å². The molecule has 0 bridgehead atoms. The van der Waals surface area contributed by atoms with Gasteiger partial charge >= 0.3 is 5.97 Å². The second kappa shape index (κ2) is 5.96. The zero-order chi connectivity index (χ0) is 15.0. The minimum absolute atomic E-state index is 0.0370. The van der Waals surface area contributed by atoms with E-state index in [2.05, 4.69) is 33.5 Å². The summed E-state index contributed by atoms with van der Waals surface area (Å²) in [5.74, 6) is 0.499. The normalized spacial score (nSPS) is 23.1. The second-order valence-corrected chi connectivity index (χ2v) is 7.16. The van der Waals surface area contributed by atoms with Gasteiger partial charge in [-0.2, -0.15) is 0 Å². The van der Waals surface area contributed by atoms with E-state index in [-0.39, 0.29) is 5.75 Å². The van der Waals surface area contributed by atoms with E-state index in [1.54, 1.807) is 0 Å². The Hall–Kier alpha value is -1.08. The number of likely N-dealkylation sites (tertiary alicyclic amines) is 1. The summed E-state index contributed by atoms with van der Waals surface area (Å²) in [4.78, 5) is 13.4. The lowest BCUT2D eigenvalue weighted by Gasteiger charge is -2.19. The predicted octanol–water partition coefficient (Wildman–Crippen LogP) is 1.99. The molecular formula is C14H22N4O2S. The Balaban J connectivity index is 1.80. The molecular weight excluding hydrogens is 288 g/mol. The van der Waals surface area contributed by atoms with Gasteiger partial charge in [-0.1, -0.05) is 25.6 Å². The monoisotopic (exact) mass is 310 g/mol. The third kappa shape index (κ3) is 3.23. The molecule has 1 N–H and O–H groups in total. The maximum Gasteiger partial charge on any atom is 0.313 e. The smallest absolute Gasteiger partial charge is 0.313 e. The molecule has 7 heteroatoms. The topological polar surface area (TPSA) is 71.2 Å². The molecule has 1 saturated carbocycles. The average Bonchev–Trinajstić information content (AvgIpc) is 3.02. The highest BCUT2D eigenvalue weighted by Crippen LogP contribution is 2.36. The molecule has 0 amide bonds. The molecule has 0 radical (unpaired) electrons. The summed E-state index contributed by atoms with van der Waals surface area (Å²) in [6.45, 7) is 6.40. The molecule has 2 heterocycles. The van der Waals surface area contributed by atoms with E-state index in [9.17, 15) is 4.79 Å². The van der Waals surface area contributed by atoms with Gasteiger partial charge in [0.25, 0.3) is 0 Å². The van der Waals surface area contributed by atoms with Crippen LogP contribution in [0.5, 0.6) is 0 Å². The Bertz CT molecular complexity index is 527. The maximum atomic E-state index is 10.8. The van der Waals surface area contributed by atoms with Crippen LogP contribution >= 0.6 is 11.8 Å². The van der Waals surface area contributed by atoms with E-state index in [0.717, 1.165) is 36.5 Å². The minimum Gasteiger partial charge on any atom is -0.481 e. The van der Waals surface area contributed by atoms with Crippen LogP contribution in [-0.2, 0) is 4.79 Å². The third-order valence-corrected chi connectivity index (χ3v) is 5.08. The van der Waals surface area contributed by atoms with E-state index in [1.165, 1.54) is 24.6 Å². The van der Waals surface area contributed by atoms with Gasteiger partial charge in [-0.05, 0) is 19.3 Å². The van der Waals surface area contributed by atoms with Gasteiger partial charge in [0, 0.05) is 25.0 Å². The molecule has 2 fully saturated rings. The van der Waals surface area contributed by atoms with Crippen LogP contribution in [0.4, 0.5) is 0 Å². The van der Waals surface area contributed by atoms with Crippen LogP contribution < -0.4 is 0 Å². The van der Waals surface area contributed by atoms with Crippen LogP contribution in [0.25, 0.3) is 0 Å². The Labute approximate surface area is 128 Å². The predicted molar refractivity (Wildman–Crippen MR) is 80.7 cm³/mol. The van der Waals surface area contributed by atoms with Gasteiger partial charge in [0.15, 0.2) is 5.16 Å². The number of hydrogen-bond donors (Lipinski definition) is 1. The molecule has 1 aliphatic carbocycles. The van der Waals surface area contributed by atoms with Crippen molar-refractivity contribution >= 4 is 17.7 Å². The fraction of sp³-hybridized carbons (Fsp3) is 0.786. The van der Waals surface area contributed by atoms with E-state index < -0.39 is 5.97 Å². The largest absolute Gasteiger partial charge is 0.481 e. The summed E-state index contributed by atoms with van der Waals surface area (Å²) >= 11 is 1.28. The van der Waals surface area contributed by atoms with Crippen LogP contribution in [0.15, 0.2) is 5.16 Å². The SMILES string of the molecule is CC(C)c1nnc(SCC(=O)O)n1C1CCN(C2CC2)C1. The first-order valence-corrected chi connectivity index (χ1v) is 8.58. The van der Waals surface area contributed by atoms with Gasteiger partial charge in [-0.15, -0.1) is 10.2 Å². The molecule has 1 aromatic heterocycles. The number of aromatic nitrogens is 3. The van der Waals surface area contributed by atoms with Gasteiger partial charge in [0.1, 0.15) is 5.82 Å². The minimum atomic E-state index is -0.813. The van der Waals surface area contributed by atoms with Crippen molar-refractivity contribution in [3.8, 4) is 0 Å². The quantitative estimate of drug-likeness (QED) is 0.810. The first-order valence-electron chi connectivity index (χ1n) is 7.59. The summed E-state index contributed by atoms with van der Waals surface area (Å²) in [7, 11) is 0. The molecule has 1 aromatic rings. The summed E-state index contributed by atoms with van der Waals surface area (Å²) in [5, 5.41) is 18.2. The van der Waals surface area contributed by atoms with E-state index in [4.69, 9.17) is 5.11 Å². The van der Waals surface area contributed by atoms with Crippen molar-refractivity contribution in [3.05, 3.63) is 5.82 Å². The second-order valence-electron chi connectivity index (χ2n) is 6.22. The van der Waals surface area contributed by atoms with Crippen LogP contribution in [0.2, 0.25) is 0 Å². The molecule has 1 saturated heterocycles. The van der Waals surface area contributed by atoms with Crippen molar-refractivity contribution in [2.75, 3.05) is 18.8 Å². The van der Waals surface area contributed by atoms with E-state index >= 15 is 0 Å². The fourth-order valence-electron chi connectivity index (χ4n) is 3.00. The zero-order valence-electron chi connectivity index (χ0n) is 12.5. The number of carboxylic acids is 1. The Morgan fingerprint density at radius 2 is 2.10 bits per heavy atom. The number of aliphatic carboxylic acids is 1. The van der Waals surface area contributed by atoms with E-state index in [1.807, 2.05) is 0 Å². The maximum absolute atomic E-state index is 10.8. The molecule has 116 valence electrons. The first-order chi connectivity index (χ1) is 10.1. The van der Waals surface area contributed by atoms with Gasteiger partial charge in [0.05, 0.1) is 11.8 Å². The van der Waals surface area contributed by atoms with Crippen molar-refractivity contribution < 1.29 is 9.90 Å². The van der Waals surface area contributed by atoms with Crippen molar-refractivity contribution in [3.63, 3.8) is 0 Å². The van der Waals surface area contributed by atoms with Crippen molar-refractivity contribution in [1.82, 2.24) is 19.7 Å². The summed E-state index contributed by atoms with van der Waals surface area (Å²) in [6, 6.07) is 1.17. The van der Waals surface area contributed by atoms with Crippen LogP contribution in [-0.4, -0.2) is 55.6 Å². The standard InChI is InChI=1S/C14H22N4O2S/c1-9(2)13-15-16-14(21-8-12(19)20)18(13)11-5-6-17(7-11)10-3-4-10/h9-11H,3-8H2,1-2H3,(H,19,20). The van der Waals surface area contributed by atoms with Crippen LogP contribution in [0.1, 0.15) is 50.9 Å². The number of nitrogens with zero attached hydrogens (tertiary/aromatic N) is 4. The van der Waals surface area contributed by atoms with Gasteiger partial charge in [-0.3, -0.25) is 9.69 Å². The Morgan fingerprint density at radius 1 is 1.33 bits per heavy atom. The molecule has 0 spiro atoms. The van der Waals surface area contributed by atoms with Crippen molar-refractivity contribution in [2.45, 2.75) is 56.3 Å². The number of rotatable bonds is 6. The molecule has 6 nitrogen and oxygen atoms in total. The highest BCUT2D eigenvalue weighted by Gasteiger charge is 2.36. The Kier molecular flexibility index (Phi) is 4.21. The number of hydrogen-bond acceptors (Lipinski definition) is 5. The fourth-order valence-corrected chi connectivity index (χ4v) is 3.73. The van der Waals surface area contributed by atoms with Crippen LogP contribution in [0.3, 0.4) is 0 Å². The highest BCUT2D eigenvalue weighted by atomic mass is 32.2. The van der Waals surface area contributed by atoms with Gasteiger partial charge < -0.3 is 9.67 Å². The number of carbonyl (C=O) groups is 1. The van der Waals surface area contributed by atoms with E-state index in [0.29, 0.717) is 12.0 Å². The van der Waals surface area contributed by atoms with Crippen molar-refractivity contribution in [2.24, 2.45) is 0 Å². The molecule has 1 unspecified atom stereocenters. The molecule has 2 aliphatic rings. The van der Waals surface area contributed by atoms with Crippen LogP contribution in [0, 0.1) is 0 Å². The summed E-state index contributed by atoms with van der Waals surface area (Å²) < 4.78 is 2.20. The lowest BCUT2D eigenvalue weighted by Crippen LogP contribution is -2.24. The zero-order valence-corrected chi connectivity index (χ0v) is 13.3. The number of thioether (sulfide) groups is 1. The summed E-state index contributed by atoms with van der Waals surface area (Å²) in [5.41, 5.74) is 0. The molecule has 0 aromatic carbocycles. The third-order valence-electron chi connectivity index (χ3n) is 4.16. The molecule has 1 atom stereocenters.